The second-order valence-corrected chi connectivity index (χ2v) is 8.99. The predicted molar refractivity (Wildman–Crippen MR) is 134 cm³/mol. The van der Waals surface area contributed by atoms with E-state index >= 15 is 0 Å². The molecule has 0 atom stereocenters. The minimum Gasteiger partial charge on any atom is -0.495 e. The third kappa shape index (κ3) is 5.01. The van der Waals surface area contributed by atoms with Gasteiger partial charge in [0.05, 0.1) is 24.2 Å². The normalized spacial score (nSPS) is 13.6. The van der Waals surface area contributed by atoms with Crippen LogP contribution in [-0.2, 0) is 5.75 Å². The number of anilines is 1. The van der Waals surface area contributed by atoms with Crippen LogP contribution >= 0.6 is 11.8 Å². The van der Waals surface area contributed by atoms with Crippen LogP contribution in [0.1, 0.15) is 16.2 Å². The number of nitrogens with zero attached hydrogens (tertiary/aromatic N) is 7. The van der Waals surface area contributed by atoms with Crippen LogP contribution in [0.4, 0.5) is 10.1 Å². The molecule has 0 aliphatic carbocycles. The summed E-state index contributed by atoms with van der Waals surface area (Å²) in [6.45, 7) is 2.41. The number of aromatic nitrogens is 5. The lowest BCUT2D eigenvalue weighted by atomic mass is 10.2. The lowest BCUT2D eigenvalue weighted by molar-refractivity contribution is 0.0740. The summed E-state index contributed by atoms with van der Waals surface area (Å²) in [6.07, 6.45) is 3.33. The lowest BCUT2D eigenvalue weighted by Crippen LogP contribution is -2.49. The Morgan fingerprint density at radius 2 is 1.72 bits per heavy atom. The second kappa shape index (κ2) is 10.7. The number of rotatable bonds is 7. The average molecular weight is 506 g/mol. The summed E-state index contributed by atoms with van der Waals surface area (Å²) in [7, 11) is 1.66. The molecule has 3 heterocycles. The van der Waals surface area contributed by atoms with Crippen molar-refractivity contribution in [1.29, 1.82) is 0 Å². The molecule has 0 radical (unpaired) electrons. The van der Waals surface area contributed by atoms with E-state index in [1.165, 1.54) is 23.9 Å². The topological polar surface area (TPSA) is 89.3 Å². The van der Waals surface area contributed by atoms with Gasteiger partial charge in [-0.1, -0.05) is 29.1 Å². The van der Waals surface area contributed by atoms with Crippen LogP contribution in [0.15, 0.2) is 72.1 Å². The number of benzene rings is 2. The Kier molecular flexibility index (Phi) is 7.08. The Hall–Kier alpha value is -3.99. The maximum atomic E-state index is 13.6. The highest BCUT2D eigenvalue weighted by atomic mass is 32.2. The number of ether oxygens (including phenoxy) is 1. The first-order chi connectivity index (χ1) is 17.6. The number of carbonyl (C=O) groups excluding carboxylic acids is 1. The number of hydrogen-bond acceptors (Lipinski definition) is 8. The second-order valence-electron chi connectivity index (χ2n) is 8.04. The molecule has 0 N–H and O–H groups in total. The zero-order chi connectivity index (χ0) is 24.9. The van der Waals surface area contributed by atoms with E-state index in [2.05, 4.69) is 25.2 Å². The van der Waals surface area contributed by atoms with Crippen molar-refractivity contribution in [3.63, 3.8) is 0 Å². The van der Waals surface area contributed by atoms with Gasteiger partial charge in [-0.05, 0) is 42.5 Å². The van der Waals surface area contributed by atoms with Gasteiger partial charge in [0.1, 0.15) is 11.6 Å². The molecular weight excluding hydrogens is 481 g/mol. The monoisotopic (exact) mass is 505 g/mol. The van der Waals surface area contributed by atoms with E-state index in [9.17, 15) is 9.18 Å². The molecule has 36 heavy (non-hydrogen) atoms. The number of para-hydroxylation sites is 2. The molecule has 1 amide bonds. The van der Waals surface area contributed by atoms with Crippen molar-refractivity contribution in [2.45, 2.75) is 10.9 Å². The fourth-order valence-electron chi connectivity index (χ4n) is 4.07. The summed E-state index contributed by atoms with van der Waals surface area (Å²) < 4.78 is 20.6. The molecule has 9 nitrogen and oxygen atoms in total. The highest BCUT2D eigenvalue weighted by Crippen LogP contribution is 2.29. The van der Waals surface area contributed by atoms with Crippen LogP contribution in [0, 0.1) is 5.82 Å². The predicted octanol–water partition coefficient (Wildman–Crippen LogP) is 3.46. The van der Waals surface area contributed by atoms with E-state index in [0.717, 1.165) is 11.4 Å². The molecule has 0 bridgehead atoms. The number of methoxy groups -OCH3 is 1. The molecule has 0 saturated carbocycles. The summed E-state index contributed by atoms with van der Waals surface area (Å²) in [4.78, 5) is 26.1. The fraction of sp³-hybridized carbons (Fsp3) is 0.240. The summed E-state index contributed by atoms with van der Waals surface area (Å²) >= 11 is 1.38. The first kappa shape index (κ1) is 23.7. The Balaban J connectivity index is 1.37. The molecule has 1 aliphatic heterocycles. The summed E-state index contributed by atoms with van der Waals surface area (Å²) in [6, 6.07) is 15.5. The van der Waals surface area contributed by atoms with Gasteiger partial charge in [-0.25, -0.2) is 19.0 Å². The molecule has 1 saturated heterocycles. The van der Waals surface area contributed by atoms with Gasteiger partial charge in [0.2, 0.25) is 0 Å². The number of thioether (sulfide) groups is 1. The number of hydrogen-bond donors (Lipinski definition) is 0. The number of halogens is 1. The van der Waals surface area contributed by atoms with E-state index in [-0.39, 0.29) is 17.4 Å². The number of amides is 1. The van der Waals surface area contributed by atoms with Crippen molar-refractivity contribution in [1.82, 2.24) is 29.9 Å². The summed E-state index contributed by atoms with van der Waals surface area (Å²) in [5, 5.41) is 9.07. The largest absolute Gasteiger partial charge is 0.495 e. The van der Waals surface area contributed by atoms with Gasteiger partial charge >= 0.3 is 0 Å². The Labute approximate surface area is 211 Å². The van der Waals surface area contributed by atoms with E-state index in [1.54, 1.807) is 47.3 Å². The molecule has 2 aromatic carbocycles. The first-order valence-electron chi connectivity index (χ1n) is 11.4. The Bertz CT molecular complexity index is 1330. The van der Waals surface area contributed by atoms with Crippen molar-refractivity contribution < 1.29 is 13.9 Å². The van der Waals surface area contributed by atoms with Gasteiger partial charge in [-0.3, -0.25) is 4.79 Å². The first-order valence-corrected chi connectivity index (χ1v) is 12.4. The van der Waals surface area contributed by atoms with E-state index in [4.69, 9.17) is 4.74 Å². The minimum atomic E-state index is -0.350. The van der Waals surface area contributed by atoms with E-state index < -0.39 is 0 Å². The zero-order valence-electron chi connectivity index (χ0n) is 19.6. The molecule has 2 aromatic heterocycles. The van der Waals surface area contributed by atoms with Gasteiger partial charge in [0.25, 0.3) is 5.91 Å². The van der Waals surface area contributed by atoms with Gasteiger partial charge in [0, 0.05) is 44.3 Å². The van der Waals surface area contributed by atoms with Crippen LogP contribution < -0.4 is 9.64 Å². The Morgan fingerprint density at radius 1 is 1.00 bits per heavy atom. The molecular formula is C25H24FN7O2S. The van der Waals surface area contributed by atoms with E-state index in [0.29, 0.717) is 48.5 Å². The standard InChI is InChI=1S/C25H24FN7O2S/c1-35-22-6-3-2-5-20(22)31-13-15-32(16-14-31)24(34)23-21(17-36-25-27-11-4-12-28-25)33(30-29-23)19-9-7-18(26)8-10-19/h2-12H,13-17H2,1H3. The van der Waals surface area contributed by atoms with Crippen LogP contribution in [0.25, 0.3) is 5.69 Å². The maximum Gasteiger partial charge on any atom is 0.276 e. The molecule has 184 valence electrons. The quantitative estimate of drug-likeness (QED) is 0.279. The minimum absolute atomic E-state index is 0.187. The average Bonchev–Trinajstić information content (AvgIpc) is 3.36. The van der Waals surface area contributed by atoms with Crippen LogP contribution in [0.5, 0.6) is 5.75 Å². The molecule has 0 unspecified atom stereocenters. The number of carbonyl (C=O) groups is 1. The Morgan fingerprint density at radius 3 is 2.44 bits per heavy atom. The molecule has 1 fully saturated rings. The maximum absolute atomic E-state index is 13.6. The van der Waals surface area contributed by atoms with Crippen LogP contribution in [-0.4, -0.2) is 69.1 Å². The van der Waals surface area contributed by atoms with Crippen molar-refractivity contribution in [2.24, 2.45) is 0 Å². The molecule has 0 spiro atoms. The van der Waals surface area contributed by atoms with Crippen molar-refractivity contribution in [2.75, 3.05) is 38.2 Å². The third-order valence-corrected chi connectivity index (χ3v) is 6.80. The lowest BCUT2D eigenvalue weighted by Gasteiger charge is -2.36. The van der Waals surface area contributed by atoms with Crippen molar-refractivity contribution in [3.05, 3.63) is 84.2 Å². The molecule has 5 rings (SSSR count). The van der Waals surface area contributed by atoms with Crippen LogP contribution in [0.3, 0.4) is 0 Å². The van der Waals surface area contributed by atoms with Gasteiger partial charge < -0.3 is 14.5 Å². The number of piperazine rings is 1. The summed E-state index contributed by atoms with van der Waals surface area (Å²) in [5.41, 5.74) is 2.51. The zero-order valence-corrected chi connectivity index (χ0v) is 20.4. The summed E-state index contributed by atoms with van der Waals surface area (Å²) in [5.74, 6) is 0.641. The molecule has 1 aliphatic rings. The van der Waals surface area contributed by atoms with Crippen LogP contribution in [0.2, 0.25) is 0 Å². The van der Waals surface area contributed by atoms with Gasteiger partial charge in [-0.2, -0.15) is 0 Å². The fourth-order valence-corrected chi connectivity index (χ4v) is 4.87. The van der Waals surface area contributed by atoms with Crippen molar-refractivity contribution in [3.8, 4) is 11.4 Å². The van der Waals surface area contributed by atoms with Gasteiger partial charge in [-0.15, -0.1) is 5.10 Å². The highest BCUT2D eigenvalue weighted by Gasteiger charge is 2.29. The molecule has 4 aromatic rings. The third-order valence-electron chi connectivity index (χ3n) is 5.91. The van der Waals surface area contributed by atoms with Gasteiger partial charge in [0.15, 0.2) is 10.9 Å². The smallest absolute Gasteiger partial charge is 0.276 e. The SMILES string of the molecule is COc1ccccc1N1CCN(C(=O)c2nnn(-c3ccc(F)cc3)c2CSc2ncccn2)CC1. The van der Waals surface area contributed by atoms with E-state index in [1.807, 2.05) is 24.3 Å². The highest BCUT2D eigenvalue weighted by molar-refractivity contribution is 7.98. The molecule has 11 heteroatoms. The van der Waals surface area contributed by atoms with Crippen molar-refractivity contribution >= 4 is 23.4 Å².